The van der Waals surface area contributed by atoms with Gasteiger partial charge in [-0.2, -0.15) is 16.8 Å². The zero-order chi connectivity index (χ0) is 107. The number of fused-ring (bicyclic) bond motifs is 8. The molecule has 8 aromatic rings. The van der Waals surface area contributed by atoms with Crippen LogP contribution >= 0.6 is 0 Å². The first-order valence-electron chi connectivity index (χ1n) is 49.8. The molecule has 31 nitrogen and oxygen atoms in total. The first kappa shape index (κ1) is 119. The Labute approximate surface area is 904 Å². The van der Waals surface area contributed by atoms with Crippen molar-refractivity contribution in [3.05, 3.63) is 263 Å². The van der Waals surface area contributed by atoms with E-state index in [1.54, 1.807) is 42.5 Å². The molecule has 4 aliphatic heterocycles. The number of anilines is 2. The molecule has 9 N–H and O–H groups in total. The van der Waals surface area contributed by atoms with Crippen molar-refractivity contribution in [3.63, 3.8) is 0 Å². The first-order valence-corrected chi connectivity index (χ1v) is 58.4. The number of aryl methyl sites for hydroxylation is 2. The normalized spacial score (nSPS) is 12.3. The van der Waals surface area contributed by atoms with Crippen LogP contribution in [0.4, 0.5) is 11.4 Å². The molecular formula is C111H127ClN8NaO23S6+. The average Bonchev–Trinajstić information content (AvgIpc) is 0.752. The Bertz CT molecular complexity index is 8230. The van der Waals surface area contributed by atoms with Gasteiger partial charge in [-0.1, -0.05) is 127 Å². The summed E-state index contributed by atoms with van der Waals surface area (Å²) in [5.41, 5.74) is 17.6. The van der Waals surface area contributed by atoms with Crippen molar-refractivity contribution in [1.29, 1.82) is 0 Å². The van der Waals surface area contributed by atoms with Gasteiger partial charge in [0.2, 0.25) is 31.5 Å². The summed E-state index contributed by atoms with van der Waals surface area (Å²) in [4.78, 5) is 8.04. The minimum atomic E-state index is -5.15. The van der Waals surface area contributed by atoms with Crippen molar-refractivity contribution < 1.29 is 153 Å². The molecule has 0 bridgehead atoms. The molecule has 0 saturated heterocycles. The summed E-state index contributed by atoms with van der Waals surface area (Å²) in [7, 11) is -28.1. The fourth-order valence-corrected chi connectivity index (χ4v) is 23.1. The van der Waals surface area contributed by atoms with Crippen molar-refractivity contribution in [1.82, 2.24) is 13.9 Å². The smallest absolute Gasteiger partial charge is 1.00 e. The van der Waals surface area contributed by atoms with Crippen LogP contribution in [0.3, 0.4) is 0 Å². The number of sulfonamides is 1. The molecule has 4 aliphatic carbocycles. The van der Waals surface area contributed by atoms with Gasteiger partial charge in [0, 0.05) is 188 Å². The summed E-state index contributed by atoms with van der Waals surface area (Å²) in [5.74, 6) is 2.14. The molecule has 4 heterocycles. The second-order valence-corrected chi connectivity index (χ2v) is 44.3. The number of halogens is 1. The maximum atomic E-state index is 12.9. The number of rotatable bonds is 38. The molecule has 0 fully saturated rings. The Balaban J connectivity index is 0.000000190. The van der Waals surface area contributed by atoms with E-state index >= 15 is 0 Å². The maximum Gasteiger partial charge on any atom is 1.00 e. The Hall–Kier alpha value is -11.3. The second kappa shape index (κ2) is 52.9. The summed E-state index contributed by atoms with van der Waals surface area (Å²) in [5, 5.41) is 24.4. The van der Waals surface area contributed by atoms with Crippen molar-refractivity contribution in [2.75, 3.05) is 102 Å². The number of hydrogen-bond donors (Lipinski definition) is 8. The molecule has 150 heavy (non-hydrogen) atoms. The van der Waals surface area contributed by atoms with Gasteiger partial charge in [-0.05, 0) is 181 Å². The summed E-state index contributed by atoms with van der Waals surface area (Å²) >= 11 is 0. The quantitative estimate of drug-likeness (QED) is 0.00594. The first-order chi connectivity index (χ1) is 70.7. The fourth-order valence-electron chi connectivity index (χ4n) is 18.6. The minimum absolute atomic E-state index is 0. The van der Waals surface area contributed by atoms with Crippen LogP contribution in [-0.2, 0) is 73.5 Å². The number of benzene rings is 12. The van der Waals surface area contributed by atoms with Crippen LogP contribution in [0.25, 0.3) is 134 Å². The van der Waals surface area contributed by atoms with E-state index in [1.165, 1.54) is 30.3 Å². The second-order valence-electron chi connectivity index (χ2n) is 35.7. The molecule has 0 radical (unpaired) electrons. The van der Waals surface area contributed by atoms with E-state index in [1.807, 2.05) is 146 Å². The number of nitrogens with zero attached hydrogens (tertiary/aromatic N) is 4. The van der Waals surface area contributed by atoms with Crippen LogP contribution in [0, 0.1) is 0 Å². The van der Waals surface area contributed by atoms with Gasteiger partial charge in [0.25, 0.3) is 20.2 Å². The van der Waals surface area contributed by atoms with Gasteiger partial charge >= 0.3 is 29.6 Å². The zero-order valence-corrected chi connectivity index (χ0v) is 93.5. The van der Waals surface area contributed by atoms with E-state index in [2.05, 4.69) is 96.0 Å². The number of hydrogen-bond acceptors (Lipinski definition) is 24. The molecule has 16 rings (SSSR count). The summed E-state index contributed by atoms with van der Waals surface area (Å²) in [6.07, 6.45) is 9.61. The predicted molar refractivity (Wildman–Crippen MR) is 573 cm³/mol. The Kier molecular flexibility index (Phi) is 41.9. The van der Waals surface area contributed by atoms with Crippen molar-refractivity contribution in [3.8, 4) is 89.8 Å². The van der Waals surface area contributed by atoms with E-state index < -0.39 is 75.3 Å². The summed E-state index contributed by atoms with van der Waals surface area (Å²) in [6.45, 7) is 29.1. The molecule has 0 saturated carbocycles. The van der Waals surface area contributed by atoms with E-state index in [0.717, 1.165) is 171 Å². The molecule has 8 aromatic carbocycles. The number of nitrogens with one attached hydrogen (secondary N) is 3. The maximum absolute atomic E-state index is 12.9. The molecule has 0 atom stereocenters. The largest absolute Gasteiger partial charge is 1.00 e. The van der Waals surface area contributed by atoms with Crippen LogP contribution < -0.4 is 103 Å². The molecule has 8 aliphatic rings. The van der Waals surface area contributed by atoms with Gasteiger partial charge in [0.15, 0.2) is 13.1 Å². The van der Waals surface area contributed by atoms with Crippen LogP contribution in [-0.4, -0.2) is 175 Å². The van der Waals surface area contributed by atoms with Crippen LogP contribution in [0.15, 0.2) is 278 Å². The van der Waals surface area contributed by atoms with Gasteiger partial charge in [-0.3, -0.25) is 9.11 Å². The van der Waals surface area contributed by atoms with Gasteiger partial charge in [0.1, 0.15) is 113 Å². The third kappa shape index (κ3) is 28.2. The Morgan fingerprint density at radius 1 is 0.367 bits per heavy atom. The molecule has 39 heteroatoms. The molecule has 792 valence electrons. The minimum Gasteiger partial charge on any atom is -1.00 e. The van der Waals surface area contributed by atoms with E-state index in [9.17, 15) is 73.3 Å². The van der Waals surface area contributed by atoms with Crippen molar-refractivity contribution in [2.45, 2.75) is 169 Å². The van der Waals surface area contributed by atoms with Gasteiger partial charge in [-0.15, -0.1) is 0 Å². The van der Waals surface area contributed by atoms with Crippen LogP contribution in [0.1, 0.15) is 138 Å². The number of aliphatic hydroxyl groups excluding tert-OH is 2. The zero-order valence-electron chi connectivity index (χ0n) is 85.9. The molecule has 0 amide bonds. The van der Waals surface area contributed by atoms with Crippen molar-refractivity contribution >= 4 is 116 Å². The molecule has 0 aromatic heterocycles. The van der Waals surface area contributed by atoms with E-state index in [4.69, 9.17) is 33.6 Å². The Morgan fingerprint density at radius 2 is 0.753 bits per heavy atom. The average molecular weight is 2190 g/mol. The Morgan fingerprint density at radius 3 is 1.17 bits per heavy atom. The monoisotopic (exact) mass is 2190 g/mol. The standard InChI is InChI=1S/C31H39N3O6S2.C31H38N2O7S2.C25H26N2O4S.C24H23NO6S.ClH.Na/c1-6-11-18-32-41(35,36)24-14-17-27(30(21-24)42(37,38)39)31-25-15-12-22(33(7-2)8-3)19-28(25)40-29-20-23(13-16-26(29)31)34(9-4)10-5;1-5-15-32(16-6-2)22-9-12-25-28(19-22)40-29-20-23(33(17-7-3)18-8-4)10-13-26(29)31(25)27-14-11-24(41(34,35)36)21-30(27)42(37,38)39;1-2-3-6-17-9-11-19-22(15-17)31-23-16-18(27-14-13-26)10-12-20(23)25(19)21-7-4-5-8-24(21)32(28,29)30;26-12-3-4-16-7-9-18-21(14-16)31-22-15-17(25-11-13-27)8-10-19(22)24(18)20-5-1-2-6-23(20)32(28,29)30;;/h12-17,19-21,32H,6-11,18H2,1-5H3;9-14,19-21H,5-8,15-18H2,1-4H3,(H-,34,35,36,37,38,39);4-5,7-12,15-16H,2-3,6,13-14,26H2,1H3,(H,28,29,30);1-2,5-10,14-15,26-27H,3-4,11-13H2,(H,28,29,30);1H;/q;;;;;+1. The third-order valence-corrected chi connectivity index (χ3v) is 31.4. The third-order valence-electron chi connectivity index (χ3n) is 25.5. The van der Waals surface area contributed by atoms with Gasteiger partial charge < -0.3 is 69.5 Å². The summed E-state index contributed by atoms with van der Waals surface area (Å²) < 4.78 is 237. The number of unbranched alkanes of at least 4 members (excludes halogenated alkanes) is 2. The predicted octanol–water partition coefficient (Wildman–Crippen LogP) is 8.17. The molecule has 0 unspecified atom stereocenters. The van der Waals surface area contributed by atoms with Crippen LogP contribution in [0.2, 0.25) is 0 Å². The molecular weight excluding hydrogens is 2060 g/mol. The van der Waals surface area contributed by atoms with Gasteiger partial charge in [-0.25, -0.2) is 57.5 Å². The van der Waals surface area contributed by atoms with Crippen LogP contribution in [0.5, 0.6) is 0 Å². The van der Waals surface area contributed by atoms with Crippen molar-refractivity contribution in [2.24, 2.45) is 5.73 Å². The van der Waals surface area contributed by atoms with E-state index in [-0.39, 0.29) is 87.5 Å². The van der Waals surface area contributed by atoms with E-state index in [0.29, 0.717) is 157 Å². The molecule has 0 spiro atoms. The fraction of sp³-hybridized carbons (Fsp3) is 0.315. The SMILES string of the molecule is CCCCNS(=O)(=O)c1ccc(-c2c3ccc(=[N+](CC)CC)cc-3oc3cc(N(CC)CC)ccc23)c(S(=O)(=O)[O-])c1.CCCCc1ccc2c(-c3ccccc3S(=O)(=O)[O-])c3ccc(=[NH+]CCN)cc-3oc2c1.CCCN(CCC)c1ccc2c(-c3ccc(S(=O)(=O)O)cc3S(=O)(=O)[O-])c3ccc(=[N+](CCC)CCC)cc-3oc2c1.O=S(=O)(O)c1ccccc1-c1c2ccc(=[NH+]CCO)cc-2oc2cc(CCCO)ccc12.[Cl-].[Na+]. The number of nitrogens with two attached hydrogens (primary N) is 1. The van der Waals surface area contributed by atoms with Gasteiger partial charge in [0.05, 0.1) is 55.3 Å². The number of aliphatic hydroxyl groups is 2. The summed E-state index contributed by atoms with van der Waals surface area (Å²) in [6, 6.07) is 65.0. The topological polar surface area (TPSA) is 486 Å².